The summed E-state index contributed by atoms with van der Waals surface area (Å²) >= 11 is 0. The summed E-state index contributed by atoms with van der Waals surface area (Å²) in [5.41, 5.74) is 0. The molecule has 1 unspecified atom stereocenters. The zero-order valence-electron chi connectivity index (χ0n) is 4.03. The van der Waals surface area contributed by atoms with Crippen molar-refractivity contribution in [3.63, 3.8) is 0 Å². The normalized spacial score (nSPS) is 20.0. The Morgan fingerprint density at radius 1 is 1.83 bits per heavy atom. The average molecular weight is 92.1 g/mol. The number of alkyl halides is 1. The highest BCUT2D eigenvalue weighted by molar-refractivity contribution is 4.49. The van der Waals surface area contributed by atoms with Gasteiger partial charge in [0.05, 0.1) is 0 Å². The summed E-state index contributed by atoms with van der Waals surface area (Å²) in [7, 11) is 0. The van der Waals surface area contributed by atoms with Crippen LogP contribution in [0.1, 0.15) is 20.3 Å². The fraction of sp³-hybridized carbons (Fsp3) is 1.00. The van der Waals surface area contributed by atoms with Crippen LogP contribution in [0.5, 0.6) is 0 Å². The molecule has 0 aromatic carbocycles. The van der Waals surface area contributed by atoms with E-state index in [4.69, 9.17) is 5.11 Å². The molecule has 1 atom stereocenters. The van der Waals surface area contributed by atoms with Crippen molar-refractivity contribution in [2.45, 2.75) is 26.1 Å². The molecular formula is C4H9FO. The Morgan fingerprint density at radius 3 is 2.00 bits per heavy atom. The lowest BCUT2D eigenvalue weighted by Gasteiger charge is -2.06. The van der Waals surface area contributed by atoms with Gasteiger partial charge in [-0.2, -0.15) is 0 Å². The van der Waals surface area contributed by atoms with Crippen molar-refractivity contribution in [1.82, 2.24) is 0 Å². The van der Waals surface area contributed by atoms with E-state index in [1.165, 1.54) is 0 Å². The van der Waals surface area contributed by atoms with Crippen molar-refractivity contribution in [2.24, 2.45) is 0 Å². The molecule has 0 aromatic heterocycles. The first-order valence-corrected chi connectivity index (χ1v) is 1.97. The van der Waals surface area contributed by atoms with E-state index < -0.39 is 5.85 Å². The molecule has 0 amide bonds. The van der Waals surface area contributed by atoms with E-state index in [-0.39, 0.29) is 6.42 Å². The highest BCUT2D eigenvalue weighted by atomic mass is 19.2. The molecule has 0 heterocycles. The molecule has 1 N–H and O–H groups in total. The van der Waals surface area contributed by atoms with Gasteiger partial charge in [-0.05, 0) is 6.92 Å². The lowest BCUT2D eigenvalue weighted by Crippen LogP contribution is -2.13. The Kier molecular flexibility index (Phi) is 1.53. The molecule has 1 nitrogen and oxygen atoms in total. The summed E-state index contributed by atoms with van der Waals surface area (Å²) in [6, 6.07) is 0. The van der Waals surface area contributed by atoms with Crippen LogP contribution in [0.4, 0.5) is 4.39 Å². The lowest BCUT2D eigenvalue weighted by molar-refractivity contribution is -0.0724. The molecule has 0 aromatic rings. The Bertz CT molecular complexity index is 37.3. The second kappa shape index (κ2) is 1.56. The van der Waals surface area contributed by atoms with Crippen LogP contribution in [0.25, 0.3) is 0 Å². The van der Waals surface area contributed by atoms with Crippen LogP contribution in [-0.2, 0) is 0 Å². The maximum Gasteiger partial charge on any atom is 0.203 e. The molecule has 0 aliphatic carbocycles. The zero-order valence-corrected chi connectivity index (χ0v) is 4.03. The minimum Gasteiger partial charge on any atom is -0.362 e. The summed E-state index contributed by atoms with van der Waals surface area (Å²) < 4.78 is 11.7. The fourth-order valence-corrected chi connectivity index (χ4v) is 0. The number of hydrogen-bond acceptors (Lipinski definition) is 1. The Morgan fingerprint density at radius 2 is 2.00 bits per heavy atom. The van der Waals surface area contributed by atoms with Crippen LogP contribution in [0.2, 0.25) is 0 Å². The quantitative estimate of drug-likeness (QED) is 0.513. The highest BCUT2D eigenvalue weighted by Gasteiger charge is 2.12. The summed E-state index contributed by atoms with van der Waals surface area (Å²) in [5.74, 6) is -1.96. The average Bonchev–Trinajstić information content (AvgIpc) is 1.35. The summed E-state index contributed by atoms with van der Waals surface area (Å²) in [6.07, 6.45) is 0.160. The molecule has 38 valence electrons. The highest BCUT2D eigenvalue weighted by Crippen LogP contribution is 2.07. The van der Waals surface area contributed by atoms with Gasteiger partial charge in [-0.25, -0.2) is 4.39 Å². The first-order valence-electron chi connectivity index (χ1n) is 1.97. The van der Waals surface area contributed by atoms with Crippen molar-refractivity contribution in [1.29, 1.82) is 0 Å². The van der Waals surface area contributed by atoms with Gasteiger partial charge < -0.3 is 5.11 Å². The van der Waals surface area contributed by atoms with Crippen molar-refractivity contribution in [3.05, 3.63) is 0 Å². The molecular weight excluding hydrogens is 83.0 g/mol. The van der Waals surface area contributed by atoms with Gasteiger partial charge in [-0.1, -0.05) is 6.92 Å². The van der Waals surface area contributed by atoms with Crippen molar-refractivity contribution < 1.29 is 9.50 Å². The molecule has 6 heavy (non-hydrogen) atoms. The molecule has 0 aliphatic heterocycles. The Hall–Kier alpha value is -0.110. The second-order valence-corrected chi connectivity index (χ2v) is 1.50. The lowest BCUT2D eigenvalue weighted by atomic mass is 10.3. The Balaban J connectivity index is 3.17. The number of halogens is 1. The topological polar surface area (TPSA) is 20.2 Å². The third-order valence-electron chi connectivity index (χ3n) is 0.645. The molecule has 0 saturated carbocycles. The van der Waals surface area contributed by atoms with Crippen LogP contribution in [-0.4, -0.2) is 11.0 Å². The third kappa shape index (κ3) is 3.89. The van der Waals surface area contributed by atoms with Gasteiger partial charge >= 0.3 is 0 Å². The second-order valence-electron chi connectivity index (χ2n) is 1.50. The molecule has 0 saturated heterocycles. The summed E-state index contributed by atoms with van der Waals surface area (Å²) in [4.78, 5) is 0. The van der Waals surface area contributed by atoms with Crippen molar-refractivity contribution in [3.8, 4) is 0 Å². The molecule has 2 heteroatoms. The predicted molar refractivity (Wildman–Crippen MR) is 22.0 cm³/mol. The largest absolute Gasteiger partial charge is 0.362 e. The van der Waals surface area contributed by atoms with Gasteiger partial charge in [-0.15, -0.1) is 0 Å². The fourth-order valence-electron chi connectivity index (χ4n) is 0. The van der Waals surface area contributed by atoms with Crippen molar-refractivity contribution in [2.75, 3.05) is 0 Å². The van der Waals surface area contributed by atoms with Crippen LogP contribution < -0.4 is 0 Å². The molecule has 0 aliphatic rings. The van der Waals surface area contributed by atoms with E-state index in [1.54, 1.807) is 6.92 Å². The SMILES string of the molecule is CCC(C)(O)F. The minimum absolute atomic E-state index is 0.160. The molecule has 0 spiro atoms. The van der Waals surface area contributed by atoms with Gasteiger partial charge in [0.2, 0.25) is 5.85 Å². The van der Waals surface area contributed by atoms with Gasteiger partial charge in [0.15, 0.2) is 0 Å². The van der Waals surface area contributed by atoms with Crippen molar-refractivity contribution >= 4 is 0 Å². The van der Waals surface area contributed by atoms with Gasteiger partial charge in [0, 0.05) is 6.42 Å². The third-order valence-corrected chi connectivity index (χ3v) is 0.645. The number of hydrogen-bond donors (Lipinski definition) is 1. The van der Waals surface area contributed by atoms with Crippen LogP contribution >= 0.6 is 0 Å². The predicted octanol–water partition coefficient (Wildman–Crippen LogP) is 1.07. The van der Waals surface area contributed by atoms with Crippen LogP contribution in [0, 0.1) is 0 Å². The molecule has 0 fully saturated rings. The standard InChI is InChI=1S/C4H9FO/c1-3-4(2,5)6/h6H,3H2,1-2H3. The van der Waals surface area contributed by atoms with E-state index in [1.807, 2.05) is 0 Å². The maximum atomic E-state index is 11.7. The Labute approximate surface area is 36.8 Å². The van der Waals surface area contributed by atoms with Gasteiger partial charge in [0.1, 0.15) is 0 Å². The molecule has 0 radical (unpaired) electrons. The van der Waals surface area contributed by atoms with E-state index in [2.05, 4.69) is 0 Å². The zero-order chi connectivity index (χ0) is 5.21. The van der Waals surface area contributed by atoms with Crippen LogP contribution in [0.3, 0.4) is 0 Å². The number of rotatable bonds is 1. The minimum atomic E-state index is -1.96. The van der Waals surface area contributed by atoms with E-state index >= 15 is 0 Å². The van der Waals surface area contributed by atoms with E-state index in [0.29, 0.717) is 0 Å². The molecule has 0 bridgehead atoms. The van der Waals surface area contributed by atoms with Crippen LogP contribution in [0.15, 0.2) is 0 Å². The molecule has 0 rings (SSSR count). The first kappa shape index (κ1) is 5.89. The van der Waals surface area contributed by atoms with E-state index in [0.717, 1.165) is 6.92 Å². The summed E-state index contributed by atoms with van der Waals surface area (Å²) in [6.45, 7) is 2.72. The number of aliphatic hydroxyl groups is 1. The summed E-state index contributed by atoms with van der Waals surface area (Å²) in [5, 5.41) is 8.16. The van der Waals surface area contributed by atoms with Gasteiger partial charge in [-0.3, -0.25) is 0 Å². The van der Waals surface area contributed by atoms with Gasteiger partial charge in [0.25, 0.3) is 0 Å². The maximum absolute atomic E-state index is 11.7. The monoisotopic (exact) mass is 92.1 g/mol. The first-order chi connectivity index (χ1) is 2.56. The smallest absolute Gasteiger partial charge is 0.203 e. The van der Waals surface area contributed by atoms with E-state index in [9.17, 15) is 4.39 Å².